The van der Waals surface area contributed by atoms with Crippen LogP contribution in [0, 0.1) is 0 Å². The molecule has 2 rings (SSSR count). The molecule has 0 radical (unpaired) electrons. The van der Waals surface area contributed by atoms with Crippen molar-refractivity contribution in [1.29, 1.82) is 0 Å². The van der Waals surface area contributed by atoms with Crippen LogP contribution in [-0.4, -0.2) is 28.4 Å². The Hall–Kier alpha value is -1.43. The maximum Gasteiger partial charge on any atom is 0.203 e. The summed E-state index contributed by atoms with van der Waals surface area (Å²) in [5, 5.41) is 3.29. The second-order valence-corrected chi connectivity index (χ2v) is 6.03. The zero-order valence-electron chi connectivity index (χ0n) is 12.4. The molecule has 0 spiro atoms. The molecule has 0 amide bonds. The second-order valence-electron chi connectivity index (χ2n) is 4.29. The Morgan fingerprint density at radius 2 is 1.71 bits per heavy atom. The van der Waals surface area contributed by atoms with Gasteiger partial charge >= 0.3 is 0 Å². The van der Waals surface area contributed by atoms with E-state index in [-0.39, 0.29) is 6.04 Å². The summed E-state index contributed by atoms with van der Waals surface area (Å²) in [4.78, 5) is 1.10. The van der Waals surface area contributed by atoms with Crippen LogP contribution in [0.5, 0.6) is 17.2 Å². The number of nitrogens with one attached hydrogen (secondary N) is 1. The summed E-state index contributed by atoms with van der Waals surface area (Å²) < 4.78 is 17.0. The van der Waals surface area contributed by atoms with Gasteiger partial charge < -0.3 is 19.5 Å². The van der Waals surface area contributed by atoms with Crippen molar-refractivity contribution in [1.82, 2.24) is 5.32 Å². The van der Waals surface area contributed by atoms with Gasteiger partial charge in [-0.3, -0.25) is 0 Å². The SMILES string of the molecule is CNC(c1ccc(Cl)s1)c1ccc(OC)c(OC)c1OC. The Morgan fingerprint density at radius 3 is 2.19 bits per heavy atom. The molecule has 1 aromatic carbocycles. The molecule has 1 aromatic heterocycles. The highest BCUT2D eigenvalue weighted by Crippen LogP contribution is 2.44. The molecule has 0 saturated carbocycles. The summed E-state index contributed by atoms with van der Waals surface area (Å²) >= 11 is 7.58. The van der Waals surface area contributed by atoms with Gasteiger partial charge in [0.05, 0.1) is 31.7 Å². The highest BCUT2D eigenvalue weighted by atomic mass is 35.5. The molecular weight excluding hydrogens is 310 g/mol. The third-order valence-electron chi connectivity index (χ3n) is 3.21. The Morgan fingerprint density at radius 1 is 1.00 bits per heavy atom. The van der Waals surface area contributed by atoms with Crippen LogP contribution in [0.3, 0.4) is 0 Å². The number of hydrogen-bond donors (Lipinski definition) is 1. The predicted molar refractivity (Wildman–Crippen MR) is 86.3 cm³/mol. The van der Waals surface area contributed by atoms with Gasteiger partial charge in [0.15, 0.2) is 11.5 Å². The molecule has 1 atom stereocenters. The van der Waals surface area contributed by atoms with Gasteiger partial charge in [0.1, 0.15) is 0 Å². The molecule has 0 aliphatic heterocycles. The molecule has 6 heteroatoms. The number of thiophene rings is 1. The maximum atomic E-state index is 6.04. The summed E-state index contributed by atoms with van der Waals surface area (Å²) in [7, 11) is 6.72. The molecule has 0 aliphatic rings. The minimum absolute atomic E-state index is 0.0303. The third-order valence-corrected chi connectivity index (χ3v) is 4.51. The number of hydrogen-bond acceptors (Lipinski definition) is 5. The summed E-state index contributed by atoms with van der Waals surface area (Å²) in [5.41, 5.74) is 0.969. The van der Waals surface area contributed by atoms with E-state index >= 15 is 0 Å². The van der Waals surface area contributed by atoms with E-state index in [1.165, 1.54) is 11.3 Å². The van der Waals surface area contributed by atoms with Crippen LogP contribution < -0.4 is 19.5 Å². The summed E-state index contributed by atoms with van der Waals surface area (Å²) in [5.74, 6) is 1.87. The van der Waals surface area contributed by atoms with E-state index in [1.54, 1.807) is 21.3 Å². The smallest absolute Gasteiger partial charge is 0.203 e. The van der Waals surface area contributed by atoms with Crippen LogP contribution in [0.25, 0.3) is 0 Å². The van der Waals surface area contributed by atoms with Gasteiger partial charge in [-0.15, -0.1) is 11.3 Å². The van der Waals surface area contributed by atoms with Gasteiger partial charge in [0, 0.05) is 10.4 Å². The molecule has 21 heavy (non-hydrogen) atoms. The molecule has 1 unspecified atom stereocenters. The first-order valence-electron chi connectivity index (χ1n) is 6.37. The average Bonchev–Trinajstić information content (AvgIpc) is 2.93. The number of halogens is 1. The lowest BCUT2D eigenvalue weighted by Crippen LogP contribution is -2.17. The lowest BCUT2D eigenvalue weighted by Gasteiger charge is -2.21. The first kappa shape index (κ1) is 15.9. The molecule has 1 N–H and O–H groups in total. The Balaban J connectivity index is 2.55. The zero-order valence-corrected chi connectivity index (χ0v) is 14.0. The summed E-state index contributed by atoms with van der Waals surface area (Å²) in [6, 6.07) is 7.70. The van der Waals surface area contributed by atoms with Crippen molar-refractivity contribution in [2.24, 2.45) is 0 Å². The van der Waals surface area contributed by atoms with Gasteiger partial charge in [-0.2, -0.15) is 0 Å². The second kappa shape index (κ2) is 7.02. The zero-order chi connectivity index (χ0) is 15.4. The van der Waals surface area contributed by atoms with Crippen LogP contribution in [0.15, 0.2) is 24.3 Å². The van der Waals surface area contributed by atoms with Crippen LogP contribution in [0.1, 0.15) is 16.5 Å². The van der Waals surface area contributed by atoms with Crippen molar-refractivity contribution >= 4 is 22.9 Å². The molecule has 0 aliphatic carbocycles. The quantitative estimate of drug-likeness (QED) is 0.877. The number of methoxy groups -OCH3 is 3. The fraction of sp³-hybridized carbons (Fsp3) is 0.333. The average molecular weight is 328 g/mol. The van der Waals surface area contributed by atoms with Gasteiger partial charge in [-0.05, 0) is 31.3 Å². The van der Waals surface area contributed by atoms with Gasteiger partial charge in [0.25, 0.3) is 0 Å². The first-order valence-corrected chi connectivity index (χ1v) is 7.57. The summed E-state index contributed by atoms with van der Waals surface area (Å²) in [6.07, 6.45) is 0. The van der Waals surface area contributed by atoms with E-state index in [1.807, 2.05) is 31.3 Å². The molecule has 0 saturated heterocycles. The molecule has 2 aromatic rings. The van der Waals surface area contributed by atoms with Crippen molar-refractivity contribution in [2.45, 2.75) is 6.04 Å². The lowest BCUT2D eigenvalue weighted by atomic mass is 10.0. The van der Waals surface area contributed by atoms with Crippen molar-refractivity contribution in [3.8, 4) is 17.2 Å². The van der Waals surface area contributed by atoms with Crippen LogP contribution in [-0.2, 0) is 0 Å². The van der Waals surface area contributed by atoms with E-state index in [2.05, 4.69) is 5.32 Å². The Kier molecular flexibility index (Phi) is 5.33. The Bertz CT molecular complexity index is 615. The highest BCUT2D eigenvalue weighted by molar-refractivity contribution is 7.16. The number of ether oxygens (including phenoxy) is 3. The van der Waals surface area contributed by atoms with Crippen LogP contribution >= 0.6 is 22.9 Å². The van der Waals surface area contributed by atoms with Crippen molar-refractivity contribution < 1.29 is 14.2 Å². The standard InChI is InChI=1S/C15H18ClNO3S/c1-17-13(11-7-8-12(16)21-11)9-5-6-10(18-2)15(20-4)14(9)19-3/h5-8,13,17H,1-4H3. The molecule has 4 nitrogen and oxygen atoms in total. The maximum absolute atomic E-state index is 6.04. The van der Waals surface area contributed by atoms with Gasteiger partial charge in [-0.25, -0.2) is 0 Å². The predicted octanol–water partition coefficient (Wildman–Crippen LogP) is 3.74. The highest BCUT2D eigenvalue weighted by Gasteiger charge is 2.23. The Labute approximate surface area is 133 Å². The first-order chi connectivity index (χ1) is 10.2. The molecule has 0 fully saturated rings. The molecule has 0 bridgehead atoms. The van der Waals surface area contributed by atoms with Crippen molar-refractivity contribution in [3.63, 3.8) is 0 Å². The third kappa shape index (κ3) is 3.10. The lowest BCUT2D eigenvalue weighted by molar-refractivity contribution is 0.321. The number of benzene rings is 1. The van der Waals surface area contributed by atoms with Gasteiger partial charge in [0.2, 0.25) is 5.75 Å². The van der Waals surface area contributed by atoms with Gasteiger partial charge in [-0.1, -0.05) is 11.6 Å². The van der Waals surface area contributed by atoms with E-state index < -0.39 is 0 Å². The molecular formula is C15H18ClNO3S. The van der Waals surface area contributed by atoms with E-state index in [0.29, 0.717) is 17.2 Å². The minimum Gasteiger partial charge on any atom is -0.493 e. The fourth-order valence-electron chi connectivity index (χ4n) is 2.29. The summed E-state index contributed by atoms with van der Waals surface area (Å²) in [6.45, 7) is 0. The monoisotopic (exact) mass is 327 g/mol. The van der Waals surface area contributed by atoms with Crippen molar-refractivity contribution in [2.75, 3.05) is 28.4 Å². The number of rotatable bonds is 6. The van der Waals surface area contributed by atoms with E-state index in [0.717, 1.165) is 14.8 Å². The molecule has 114 valence electrons. The molecule has 1 heterocycles. The van der Waals surface area contributed by atoms with E-state index in [9.17, 15) is 0 Å². The largest absolute Gasteiger partial charge is 0.493 e. The minimum atomic E-state index is -0.0303. The van der Waals surface area contributed by atoms with Crippen molar-refractivity contribution in [3.05, 3.63) is 39.0 Å². The van der Waals surface area contributed by atoms with E-state index in [4.69, 9.17) is 25.8 Å². The van der Waals surface area contributed by atoms with Crippen LogP contribution in [0.2, 0.25) is 4.34 Å². The topological polar surface area (TPSA) is 39.7 Å². The van der Waals surface area contributed by atoms with Crippen LogP contribution in [0.4, 0.5) is 0 Å². The normalized spacial score (nSPS) is 12.0. The fourth-order valence-corrected chi connectivity index (χ4v) is 3.48.